The normalized spacial score (nSPS) is 17.8. The summed E-state index contributed by atoms with van der Waals surface area (Å²) >= 11 is 0. The third-order valence-corrected chi connectivity index (χ3v) is 8.98. The van der Waals surface area contributed by atoms with Gasteiger partial charge in [0.15, 0.2) is 0 Å². The van der Waals surface area contributed by atoms with Gasteiger partial charge < -0.3 is 9.80 Å². The van der Waals surface area contributed by atoms with Gasteiger partial charge in [-0.2, -0.15) is 5.26 Å². The Morgan fingerprint density at radius 1 is 0.950 bits per heavy atom. The molecule has 2 aliphatic heterocycles. The SMILES string of the molecule is Cc1ncnc(C)c1C(=O)N1CCC(C)(N2CCC(N(Cc3ccccc3)c3ccc(CC#N)cc3)CC2)CC1. The molecule has 2 fully saturated rings. The van der Waals surface area contributed by atoms with Crippen molar-refractivity contribution in [2.75, 3.05) is 31.1 Å². The van der Waals surface area contributed by atoms with E-state index in [4.69, 9.17) is 5.26 Å². The molecule has 2 aliphatic rings. The summed E-state index contributed by atoms with van der Waals surface area (Å²) in [4.78, 5) is 29.0. The van der Waals surface area contributed by atoms with Crippen LogP contribution in [-0.4, -0.2) is 63.4 Å². The van der Waals surface area contributed by atoms with E-state index in [-0.39, 0.29) is 11.4 Å². The van der Waals surface area contributed by atoms with Gasteiger partial charge in [0.25, 0.3) is 5.91 Å². The molecule has 1 amide bonds. The maximum atomic E-state index is 13.3. The second kappa shape index (κ2) is 12.2. The van der Waals surface area contributed by atoms with Crippen LogP contribution >= 0.6 is 0 Å². The van der Waals surface area contributed by atoms with Crippen LogP contribution in [0.3, 0.4) is 0 Å². The number of anilines is 1. The molecule has 40 heavy (non-hydrogen) atoms. The van der Waals surface area contributed by atoms with Crippen molar-refractivity contribution in [3.63, 3.8) is 0 Å². The first-order valence-corrected chi connectivity index (χ1v) is 14.5. The summed E-state index contributed by atoms with van der Waals surface area (Å²) in [6.45, 7) is 10.7. The second-order valence-corrected chi connectivity index (χ2v) is 11.5. The Bertz CT molecular complexity index is 1310. The van der Waals surface area contributed by atoms with E-state index in [9.17, 15) is 4.79 Å². The van der Waals surface area contributed by atoms with Crippen LogP contribution in [0.25, 0.3) is 0 Å². The number of likely N-dealkylation sites (tertiary alicyclic amines) is 2. The fourth-order valence-corrected chi connectivity index (χ4v) is 6.39. The standard InChI is InChI=1S/C33H40N6O/c1-25-31(26(2)36-24-35-25)32(40)37-21-16-33(3,17-22-37)38-19-14-30(15-20-38)39(23-28-7-5-4-6-8-28)29-11-9-27(10-12-29)13-18-34/h4-12,24,30H,13-17,19-23H2,1-3H3. The van der Waals surface area contributed by atoms with Crippen LogP contribution < -0.4 is 4.90 Å². The number of hydrogen-bond acceptors (Lipinski definition) is 6. The van der Waals surface area contributed by atoms with Crippen molar-refractivity contribution in [1.82, 2.24) is 19.8 Å². The molecule has 2 saturated heterocycles. The van der Waals surface area contributed by atoms with Gasteiger partial charge in [-0.05, 0) is 69.7 Å². The van der Waals surface area contributed by atoms with Gasteiger partial charge in [0.05, 0.1) is 29.4 Å². The molecule has 7 nitrogen and oxygen atoms in total. The average Bonchev–Trinajstić information content (AvgIpc) is 2.97. The predicted molar refractivity (Wildman–Crippen MR) is 158 cm³/mol. The lowest BCUT2D eigenvalue weighted by Crippen LogP contribution is -2.58. The molecular formula is C33H40N6O. The highest BCUT2D eigenvalue weighted by Gasteiger charge is 2.39. The lowest BCUT2D eigenvalue weighted by molar-refractivity contribution is 0.0170. The Morgan fingerprint density at radius 2 is 1.57 bits per heavy atom. The van der Waals surface area contributed by atoms with Crippen molar-refractivity contribution in [3.8, 4) is 6.07 Å². The molecule has 2 aromatic carbocycles. The van der Waals surface area contributed by atoms with Crippen molar-refractivity contribution in [3.05, 3.63) is 89.0 Å². The first kappa shape index (κ1) is 27.8. The summed E-state index contributed by atoms with van der Waals surface area (Å²) in [7, 11) is 0. The lowest BCUT2D eigenvalue weighted by Gasteiger charge is -2.50. The molecule has 0 radical (unpaired) electrons. The molecule has 1 aromatic heterocycles. The van der Waals surface area contributed by atoms with Crippen molar-refractivity contribution >= 4 is 11.6 Å². The topological polar surface area (TPSA) is 76.4 Å². The molecule has 5 rings (SSSR count). The van der Waals surface area contributed by atoms with Crippen LogP contribution in [0.4, 0.5) is 5.69 Å². The van der Waals surface area contributed by atoms with Crippen molar-refractivity contribution in [1.29, 1.82) is 5.26 Å². The van der Waals surface area contributed by atoms with Gasteiger partial charge in [-0.25, -0.2) is 9.97 Å². The number of aromatic nitrogens is 2. The minimum atomic E-state index is 0.0636. The Labute approximate surface area is 238 Å². The maximum absolute atomic E-state index is 13.3. The lowest BCUT2D eigenvalue weighted by atomic mass is 9.85. The second-order valence-electron chi connectivity index (χ2n) is 11.5. The van der Waals surface area contributed by atoms with Crippen molar-refractivity contribution in [2.24, 2.45) is 0 Å². The smallest absolute Gasteiger partial charge is 0.257 e. The number of rotatable bonds is 7. The zero-order valence-electron chi connectivity index (χ0n) is 24.0. The third kappa shape index (κ3) is 6.03. The number of carbonyl (C=O) groups excluding carboxylic acids is 1. The van der Waals surface area contributed by atoms with Crippen LogP contribution in [0.5, 0.6) is 0 Å². The molecule has 0 unspecified atom stereocenters. The van der Waals surface area contributed by atoms with E-state index in [0.717, 1.165) is 75.4 Å². The highest BCUT2D eigenvalue weighted by Crippen LogP contribution is 2.34. The molecule has 0 spiro atoms. The van der Waals surface area contributed by atoms with Crippen LogP contribution in [0.1, 0.15) is 65.5 Å². The summed E-state index contributed by atoms with van der Waals surface area (Å²) in [6.07, 6.45) is 6.13. The number of amides is 1. The first-order chi connectivity index (χ1) is 19.4. The molecule has 208 valence electrons. The molecular weight excluding hydrogens is 496 g/mol. The number of hydrogen-bond donors (Lipinski definition) is 0. The monoisotopic (exact) mass is 536 g/mol. The maximum Gasteiger partial charge on any atom is 0.257 e. The van der Waals surface area contributed by atoms with Gasteiger partial charge in [-0.1, -0.05) is 42.5 Å². The van der Waals surface area contributed by atoms with Crippen molar-refractivity contribution in [2.45, 2.75) is 71.0 Å². The molecule has 0 N–H and O–H groups in total. The highest BCUT2D eigenvalue weighted by molar-refractivity contribution is 5.96. The summed E-state index contributed by atoms with van der Waals surface area (Å²) in [5.41, 5.74) is 5.86. The van der Waals surface area contributed by atoms with E-state index in [2.05, 4.69) is 87.4 Å². The zero-order valence-corrected chi connectivity index (χ0v) is 24.0. The third-order valence-electron chi connectivity index (χ3n) is 8.98. The van der Waals surface area contributed by atoms with Gasteiger partial charge in [0.2, 0.25) is 0 Å². The van der Waals surface area contributed by atoms with Gasteiger partial charge >= 0.3 is 0 Å². The number of carbonyl (C=O) groups is 1. The molecule has 7 heteroatoms. The van der Waals surface area contributed by atoms with E-state index in [1.54, 1.807) is 0 Å². The molecule has 0 atom stereocenters. The first-order valence-electron chi connectivity index (χ1n) is 14.5. The van der Waals surface area contributed by atoms with E-state index >= 15 is 0 Å². The molecule has 3 heterocycles. The molecule has 3 aromatic rings. The van der Waals surface area contributed by atoms with Crippen LogP contribution in [0.15, 0.2) is 60.9 Å². The van der Waals surface area contributed by atoms with Crippen LogP contribution in [-0.2, 0) is 13.0 Å². The molecule has 0 saturated carbocycles. The van der Waals surface area contributed by atoms with Crippen molar-refractivity contribution < 1.29 is 4.79 Å². The summed E-state index contributed by atoms with van der Waals surface area (Å²) in [5.74, 6) is 0.0636. The predicted octanol–water partition coefficient (Wildman–Crippen LogP) is 5.33. The number of piperidine rings is 2. The molecule has 0 bridgehead atoms. The number of benzene rings is 2. The van der Waals surface area contributed by atoms with E-state index in [1.165, 1.54) is 17.6 Å². The largest absolute Gasteiger partial charge is 0.364 e. The molecule has 0 aliphatic carbocycles. The fourth-order valence-electron chi connectivity index (χ4n) is 6.39. The number of nitrogens with zero attached hydrogens (tertiary/aromatic N) is 6. The van der Waals surface area contributed by atoms with Crippen LogP contribution in [0.2, 0.25) is 0 Å². The fraction of sp³-hybridized carbons (Fsp3) is 0.455. The van der Waals surface area contributed by atoms with Crippen LogP contribution in [0, 0.1) is 25.2 Å². The minimum Gasteiger partial charge on any atom is -0.364 e. The van der Waals surface area contributed by atoms with E-state index in [1.807, 2.05) is 18.7 Å². The minimum absolute atomic E-state index is 0.0636. The van der Waals surface area contributed by atoms with Gasteiger partial charge in [-0.15, -0.1) is 0 Å². The summed E-state index contributed by atoms with van der Waals surface area (Å²) in [6, 6.07) is 21.9. The van der Waals surface area contributed by atoms with E-state index < -0.39 is 0 Å². The summed E-state index contributed by atoms with van der Waals surface area (Å²) < 4.78 is 0. The highest BCUT2D eigenvalue weighted by atomic mass is 16.2. The average molecular weight is 537 g/mol. The Balaban J connectivity index is 1.23. The van der Waals surface area contributed by atoms with Gasteiger partial charge in [-0.3, -0.25) is 9.69 Å². The zero-order chi connectivity index (χ0) is 28.1. The Hall–Kier alpha value is -3.76. The Kier molecular flexibility index (Phi) is 8.46. The number of nitriles is 1. The summed E-state index contributed by atoms with van der Waals surface area (Å²) in [5, 5.41) is 9.08. The Morgan fingerprint density at radius 3 is 2.17 bits per heavy atom. The quantitative estimate of drug-likeness (QED) is 0.407. The van der Waals surface area contributed by atoms with Gasteiger partial charge in [0, 0.05) is 50.0 Å². The van der Waals surface area contributed by atoms with E-state index in [0.29, 0.717) is 18.0 Å². The number of aryl methyl sites for hydroxylation is 2. The van der Waals surface area contributed by atoms with Gasteiger partial charge in [0.1, 0.15) is 6.33 Å².